The molecule has 7 heteroatoms. The van der Waals surface area contributed by atoms with Crippen molar-refractivity contribution in [3.05, 3.63) is 53.3 Å². The van der Waals surface area contributed by atoms with Crippen LogP contribution in [0.5, 0.6) is 0 Å². The van der Waals surface area contributed by atoms with E-state index in [-0.39, 0.29) is 5.69 Å². The Balaban J connectivity index is 1.81. The van der Waals surface area contributed by atoms with Gasteiger partial charge >= 0.3 is 0 Å². The van der Waals surface area contributed by atoms with Gasteiger partial charge in [-0.25, -0.2) is 9.67 Å². The van der Waals surface area contributed by atoms with Crippen molar-refractivity contribution in [2.45, 2.75) is 6.54 Å². The molecule has 0 aliphatic rings. The first kappa shape index (κ1) is 12.6. The van der Waals surface area contributed by atoms with Gasteiger partial charge in [-0.3, -0.25) is 4.79 Å². The molecule has 0 atom stereocenters. The highest BCUT2D eigenvalue weighted by atomic mass is 35.5. The summed E-state index contributed by atoms with van der Waals surface area (Å²) in [4.78, 5) is 14.7. The highest BCUT2D eigenvalue weighted by Gasteiger charge is 2.08. The van der Waals surface area contributed by atoms with Crippen molar-refractivity contribution in [3.8, 4) is 11.3 Å². The van der Waals surface area contributed by atoms with E-state index in [1.165, 1.54) is 10.9 Å². The summed E-state index contributed by atoms with van der Waals surface area (Å²) >= 11 is 5.93. The summed E-state index contributed by atoms with van der Waals surface area (Å²) in [5, 5.41) is 8.09. The standard InChI is InChI=1S/C13H9ClN4O2/c14-10-3-1-2-9(4-10)12-5-15-13(20-12)7-18-6-11(8-19)16-17-18/h1-6,8H,7H2. The minimum atomic E-state index is 0.270. The second-order valence-corrected chi connectivity index (χ2v) is 4.52. The molecular formula is C13H9ClN4O2. The van der Waals surface area contributed by atoms with E-state index in [2.05, 4.69) is 15.3 Å². The van der Waals surface area contributed by atoms with Crippen LogP contribution in [-0.2, 0) is 6.54 Å². The number of hydrogen-bond donors (Lipinski definition) is 0. The van der Waals surface area contributed by atoms with Crippen LogP contribution in [0, 0.1) is 0 Å². The molecule has 20 heavy (non-hydrogen) atoms. The summed E-state index contributed by atoms with van der Waals surface area (Å²) in [6, 6.07) is 7.31. The summed E-state index contributed by atoms with van der Waals surface area (Å²) < 4.78 is 7.11. The van der Waals surface area contributed by atoms with Crippen LogP contribution < -0.4 is 0 Å². The van der Waals surface area contributed by atoms with Gasteiger partial charge in [-0.05, 0) is 12.1 Å². The molecule has 0 unspecified atom stereocenters. The summed E-state index contributed by atoms with van der Waals surface area (Å²) in [6.07, 6.45) is 3.78. The summed E-state index contributed by atoms with van der Waals surface area (Å²) in [6.45, 7) is 0.307. The number of carbonyl (C=O) groups is 1. The monoisotopic (exact) mass is 288 g/mol. The maximum atomic E-state index is 10.5. The van der Waals surface area contributed by atoms with Crippen molar-refractivity contribution < 1.29 is 9.21 Å². The maximum Gasteiger partial charge on any atom is 0.216 e. The molecule has 2 aromatic heterocycles. The van der Waals surface area contributed by atoms with Gasteiger partial charge in [0.1, 0.15) is 12.2 Å². The third kappa shape index (κ3) is 2.60. The lowest BCUT2D eigenvalue weighted by atomic mass is 10.2. The molecule has 0 saturated carbocycles. The second kappa shape index (κ2) is 5.26. The Kier molecular flexibility index (Phi) is 3.30. The number of nitrogens with zero attached hydrogens (tertiary/aromatic N) is 4. The zero-order valence-electron chi connectivity index (χ0n) is 10.2. The predicted molar refractivity (Wildman–Crippen MR) is 71.5 cm³/mol. The van der Waals surface area contributed by atoms with Crippen molar-refractivity contribution >= 4 is 17.9 Å². The van der Waals surface area contributed by atoms with Crippen molar-refractivity contribution in [2.75, 3.05) is 0 Å². The Hall–Kier alpha value is -2.47. The van der Waals surface area contributed by atoms with E-state index >= 15 is 0 Å². The number of aromatic nitrogens is 4. The van der Waals surface area contributed by atoms with Crippen LogP contribution in [-0.4, -0.2) is 26.3 Å². The van der Waals surface area contributed by atoms with E-state index in [0.717, 1.165) is 5.56 Å². The molecule has 3 rings (SSSR count). The van der Waals surface area contributed by atoms with Gasteiger partial charge in [-0.15, -0.1) is 5.10 Å². The fourth-order valence-electron chi connectivity index (χ4n) is 1.74. The molecule has 0 fully saturated rings. The van der Waals surface area contributed by atoms with Crippen LogP contribution in [0.2, 0.25) is 5.02 Å². The quantitative estimate of drug-likeness (QED) is 0.689. The number of benzene rings is 1. The molecule has 0 radical (unpaired) electrons. The minimum Gasteiger partial charge on any atom is -0.439 e. The molecular weight excluding hydrogens is 280 g/mol. The third-order valence-corrected chi connectivity index (χ3v) is 2.87. The van der Waals surface area contributed by atoms with Gasteiger partial charge in [0.05, 0.1) is 12.4 Å². The molecule has 2 heterocycles. The number of hydrogen-bond acceptors (Lipinski definition) is 5. The molecule has 0 amide bonds. The van der Waals surface area contributed by atoms with Gasteiger partial charge in [0.15, 0.2) is 12.0 Å². The fourth-order valence-corrected chi connectivity index (χ4v) is 1.93. The molecule has 3 aromatic rings. The number of carbonyl (C=O) groups excluding carboxylic acids is 1. The van der Waals surface area contributed by atoms with E-state index in [4.69, 9.17) is 16.0 Å². The Morgan fingerprint density at radius 2 is 2.30 bits per heavy atom. The average Bonchev–Trinajstić information content (AvgIpc) is 3.08. The summed E-state index contributed by atoms with van der Waals surface area (Å²) in [5.41, 5.74) is 1.12. The van der Waals surface area contributed by atoms with Gasteiger partial charge in [0.25, 0.3) is 0 Å². The second-order valence-electron chi connectivity index (χ2n) is 4.09. The zero-order chi connectivity index (χ0) is 13.9. The molecule has 0 N–H and O–H groups in total. The molecule has 0 aliphatic carbocycles. The SMILES string of the molecule is O=Cc1cn(Cc2ncc(-c3cccc(Cl)c3)o2)nn1. The van der Waals surface area contributed by atoms with Gasteiger partial charge in [0, 0.05) is 10.6 Å². The van der Waals surface area contributed by atoms with Crippen molar-refractivity contribution in [1.82, 2.24) is 20.0 Å². The average molecular weight is 289 g/mol. The van der Waals surface area contributed by atoms with Crippen LogP contribution in [0.1, 0.15) is 16.4 Å². The van der Waals surface area contributed by atoms with Crippen molar-refractivity contribution in [2.24, 2.45) is 0 Å². The van der Waals surface area contributed by atoms with E-state index in [0.29, 0.717) is 29.5 Å². The number of oxazole rings is 1. The molecule has 100 valence electrons. The zero-order valence-corrected chi connectivity index (χ0v) is 11.0. The number of aldehydes is 1. The Bertz CT molecular complexity index is 750. The lowest BCUT2D eigenvalue weighted by molar-refractivity contribution is 0.111. The molecule has 0 saturated heterocycles. The lowest BCUT2D eigenvalue weighted by Gasteiger charge is -1.97. The number of halogens is 1. The molecule has 0 bridgehead atoms. The van der Waals surface area contributed by atoms with Crippen LogP contribution in [0.25, 0.3) is 11.3 Å². The Morgan fingerprint density at radius 3 is 3.05 bits per heavy atom. The van der Waals surface area contributed by atoms with Gasteiger partial charge < -0.3 is 4.42 Å². The maximum absolute atomic E-state index is 10.5. The highest BCUT2D eigenvalue weighted by molar-refractivity contribution is 6.30. The summed E-state index contributed by atoms with van der Waals surface area (Å²) in [7, 11) is 0. The van der Waals surface area contributed by atoms with Gasteiger partial charge in [0.2, 0.25) is 5.89 Å². The van der Waals surface area contributed by atoms with Crippen LogP contribution in [0.15, 0.2) is 41.1 Å². The van der Waals surface area contributed by atoms with Crippen LogP contribution in [0.3, 0.4) is 0 Å². The topological polar surface area (TPSA) is 73.8 Å². The largest absolute Gasteiger partial charge is 0.439 e. The van der Waals surface area contributed by atoms with E-state index in [9.17, 15) is 4.79 Å². The first-order chi connectivity index (χ1) is 9.74. The number of rotatable bonds is 4. The first-order valence-corrected chi connectivity index (χ1v) is 6.18. The normalized spacial score (nSPS) is 10.7. The molecule has 0 aliphatic heterocycles. The Morgan fingerprint density at radius 1 is 1.40 bits per heavy atom. The smallest absolute Gasteiger partial charge is 0.216 e. The molecule has 6 nitrogen and oxygen atoms in total. The van der Waals surface area contributed by atoms with E-state index in [1.807, 2.05) is 12.1 Å². The van der Waals surface area contributed by atoms with Crippen molar-refractivity contribution in [3.63, 3.8) is 0 Å². The minimum absolute atomic E-state index is 0.270. The van der Waals surface area contributed by atoms with Gasteiger partial charge in [-0.1, -0.05) is 28.9 Å². The molecule has 1 aromatic carbocycles. The summed E-state index contributed by atoms with van der Waals surface area (Å²) in [5.74, 6) is 1.10. The molecule has 0 spiro atoms. The van der Waals surface area contributed by atoms with Crippen LogP contribution >= 0.6 is 11.6 Å². The Labute approximate surface area is 119 Å². The van der Waals surface area contributed by atoms with E-state index < -0.39 is 0 Å². The highest BCUT2D eigenvalue weighted by Crippen LogP contribution is 2.23. The first-order valence-electron chi connectivity index (χ1n) is 5.80. The lowest BCUT2D eigenvalue weighted by Crippen LogP contribution is -2.00. The predicted octanol–water partition coefficient (Wildman–Crippen LogP) is 2.45. The van der Waals surface area contributed by atoms with Gasteiger partial charge in [-0.2, -0.15) is 0 Å². The van der Waals surface area contributed by atoms with Crippen molar-refractivity contribution in [1.29, 1.82) is 0 Å². The third-order valence-electron chi connectivity index (χ3n) is 2.64. The van der Waals surface area contributed by atoms with E-state index in [1.54, 1.807) is 18.3 Å². The van der Waals surface area contributed by atoms with Crippen LogP contribution in [0.4, 0.5) is 0 Å². The fraction of sp³-hybridized carbons (Fsp3) is 0.0769.